The molecular formula is C10H19NO2. The minimum atomic E-state index is -0.613. The van der Waals surface area contributed by atoms with Crippen LogP contribution in [-0.4, -0.2) is 23.2 Å². The molecule has 2 N–H and O–H groups in total. The molecule has 0 bridgehead atoms. The molecule has 0 spiro atoms. The van der Waals surface area contributed by atoms with Crippen molar-refractivity contribution in [1.82, 2.24) is 5.32 Å². The normalized spacial score (nSPS) is 16.1. The van der Waals surface area contributed by atoms with Gasteiger partial charge in [-0.3, -0.25) is 4.79 Å². The Bertz CT molecular complexity index is 205. The zero-order valence-electron chi connectivity index (χ0n) is 8.85. The fourth-order valence-corrected chi connectivity index (χ4v) is 0.787. The Morgan fingerprint density at radius 3 is 2.15 bits per heavy atom. The summed E-state index contributed by atoms with van der Waals surface area (Å²) >= 11 is 0. The second kappa shape index (κ2) is 3.92. The third-order valence-corrected chi connectivity index (χ3v) is 2.56. The van der Waals surface area contributed by atoms with Crippen LogP contribution in [0.5, 0.6) is 0 Å². The van der Waals surface area contributed by atoms with Crippen LogP contribution in [-0.2, 0) is 4.79 Å². The molecule has 0 saturated heterocycles. The second-order valence-corrected chi connectivity index (χ2v) is 4.43. The molecule has 0 aromatic rings. The molecule has 0 aromatic heterocycles. The highest BCUT2D eigenvalue weighted by Crippen LogP contribution is 2.29. The average molecular weight is 185 g/mol. The van der Waals surface area contributed by atoms with Gasteiger partial charge >= 0.3 is 0 Å². The van der Waals surface area contributed by atoms with Gasteiger partial charge in [-0.05, 0) is 18.4 Å². The standard InChI is InChI=1S/C10H19NO2/c1-6-8(13)11-10(5,7-12)9(2,3)4/h6,12H,1,7H2,2-5H3,(H,11,13). The van der Waals surface area contributed by atoms with Crippen LogP contribution in [0.2, 0.25) is 0 Å². The smallest absolute Gasteiger partial charge is 0.243 e. The molecule has 0 saturated carbocycles. The van der Waals surface area contributed by atoms with E-state index in [9.17, 15) is 9.90 Å². The highest BCUT2D eigenvalue weighted by atomic mass is 16.3. The number of aliphatic hydroxyl groups excluding tert-OH is 1. The summed E-state index contributed by atoms with van der Waals surface area (Å²) in [5.41, 5.74) is -0.807. The summed E-state index contributed by atoms with van der Waals surface area (Å²) in [6.45, 7) is 11.0. The van der Waals surface area contributed by atoms with E-state index in [2.05, 4.69) is 11.9 Å². The molecular weight excluding hydrogens is 166 g/mol. The number of amides is 1. The first kappa shape index (κ1) is 12.2. The molecule has 0 fully saturated rings. The van der Waals surface area contributed by atoms with Crippen LogP contribution in [0.25, 0.3) is 0 Å². The summed E-state index contributed by atoms with van der Waals surface area (Å²) in [7, 11) is 0. The molecule has 1 atom stereocenters. The Morgan fingerprint density at radius 1 is 1.46 bits per heavy atom. The van der Waals surface area contributed by atoms with E-state index in [-0.39, 0.29) is 17.9 Å². The summed E-state index contributed by atoms with van der Waals surface area (Å²) in [5.74, 6) is -0.258. The summed E-state index contributed by atoms with van der Waals surface area (Å²) in [6, 6.07) is 0. The maximum atomic E-state index is 11.1. The summed E-state index contributed by atoms with van der Waals surface area (Å²) in [6.07, 6.45) is 1.21. The predicted octanol–water partition coefficient (Wildman–Crippen LogP) is 1.09. The van der Waals surface area contributed by atoms with Crippen LogP contribution in [0.1, 0.15) is 27.7 Å². The number of nitrogens with one attached hydrogen (secondary N) is 1. The largest absolute Gasteiger partial charge is 0.394 e. The van der Waals surface area contributed by atoms with Crippen molar-refractivity contribution in [3.05, 3.63) is 12.7 Å². The zero-order valence-corrected chi connectivity index (χ0v) is 8.85. The fraction of sp³-hybridized carbons (Fsp3) is 0.700. The molecule has 76 valence electrons. The lowest BCUT2D eigenvalue weighted by atomic mass is 9.75. The van der Waals surface area contributed by atoms with E-state index in [4.69, 9.17) is 0 Å². The Balaban J connectivity index is 4.65. The maximum absolute atomic E-state index is 11.1. The SMILES string of the molecule is C=CC(=O)NC(C)(CO)C(C)(C)C. The molecule has 13 heavy (non-hydrogen) atoms. The first-order valence-electron chi connectivity index (χ1n) is 4.32. The lowest BCUT2D eigenvalue weighted by molar-refractivity contribution is -0.120. The minimum Gasteiger partial charge on any atom is -0.394 e. The Hall–Kier alpha value is -0.830. The molecule has 0 rings (SSSR count). The number of rotatable bonds is 3. The van der Waals surface area contributed by atoms with E-state index in [1.165, 1.54) is 6.08 Å². The van der Waals surface area contributed by atoms with Crippen molar-refractivity contribution >= 4 is 5.91 Å². The van der Waals surface area contributed by atoms with Gasteiger partial charge in [-0.25, -0.2) is 0 Å². The van der Waals surface area contributed by atoms with Gasteiger partial charge in [-0.2, -0.15) is 0 Å². The molecule has 0 aliphatic heterocycles. The van der Waals surface area contributed by atoms with Gasteiger partial charge in [-0.15, -0.1) is 0 Å². The van der Waals surface area contributed by atoms with Gasteiger partial charge in [0.2, 0.25) is 5.91 Å². The highest BCUT2D eigenvalue weighted by Gasteiger charge is 2.37. The van der Waals surface area contributed by atoms with E-state index in [0.717, 1.165) is 0 Å². The Morgan fingerprint density at radius 2 is 1.92 bits per heavy atom. The van der Waals surface area contributed by atoms with Crippen molar-refractivity contribution in [2.75, 3.05) is 6.61 Å². The lowest BCUT2D eigenvalue weighted by Crippen LogP contribution is -2.57. The summed E-state index contributed by atoms with van der Waals surface area (Å²) < 4.78 is 0. The molecule has 3 heteroatoms. The predicted molar refractivity (Wildman–Crippen MR) is 53.3 cm³/mol. The fourth-order valence-electron chi connectivity index (χ4n) is 0.787. The minimum absolute atomic E-state index is 0.0872. The van der Waals surface area contributed by atoms with E-state index >= 15 is 0 Å². The number of hydrogen-bond donors (Lipinski definition) is 2. The van der Waals surface area contributed by atoms with Crippen molar-refractivity contribution in [1.29, 1.82) is 0 Å². The van der Waals surface area contributed by atoms with E-state index in [1.54, 1.807) is 0 Å². The summed E-state index contributed by atoms with van der Waals surface area (Å²) in [5, 5.41) is 11.9. The van der Waals surface area contributed by atoms with Gasteiger partial charge in [0.05, 0.1) is 12.1 Å². The highest BCUT2D eigenvalue weighted by molar-refractivity contribution is 5.87. The third-order valence-electron chi connectivity index (χ3n) is 2.56. The van der Waals surface area contributed by atoms with Gasteiger partial charge < -0.3 is 10.4 Å². The number of carbonyl (C=O) groups is 1. The van der Waals surface area contributed by atoms with Crippen molar-refractivity contribution < 1.29 is 9.90 Å². The monoisotopic (exact) mass is 185 g/mol. The first-order valence-corrected chi connectivity index (χ1v) is 4.32. The molecule has 0 aliphatic carbocycles. The third kappa shape index (κ3) is 2.84. The number of aliphatic hydroxyl groups is 1. The number of carbonyl (C=O) groups excluding carboxylic acids is 1. The van der Waals surface area contributed by atoms with Crippen LogP contribution in [0.15, 0.2) is 12.7 Å². The van der Waals surface area contributed by atoms with Gasteiger partial charge in [0.15, 0.2) is 0 Å². The van der Waals surface area contributed by atoms with Crippen LogP contribution in [0.3, 0.4) is 0 Å². The molecule has 1 amide bonds. The molecule has 0 aliphatic rings. The Kier molecular flexibility index (Phi) is 3.67. The van der Waals surface area contributed by atoms with E-state index in [1.807, 2.05) is 27.7 Å². The number of hydrogen-bond acceptors (Lipinski definition) is 2. The van der Waals surface area contributed by atoms with Crippen LogP contribution >= 0.6 is 0 Å². The van der Waals surface area contributed by atoms with Gasteiger partial charge in [-0.1, -0.05) is 27.4 Å². The van der Waals surface area contributed by atoms with Crippen molar-refractivity contribution in [2.45, 2.75) is 33.2 Å². The molecule has 3 nitrogen and oxygen atoms in total. The molecule has 0 radical (unpaired) electrons. The van der Waals surface area contributed by atoms with Crippen LogP contribution < -0.4 is 5.32 Å². The summed E-state index contributed by atoms with van der Waals surface area (Å²) in [4.78, 5) is 11.1. The van der Waals surface area contributed by atoms with Gasteiger partial charge in [0, 0.05) is 0 Å². The van der Waals surface area contributed by atoms with Crippen molar-refractivity contribution in [3.8, 4) is 0 Å². The molecule has 0 heterocycles. The van der Waals surface area contributed by atoms with E-state index in [0.29, 0.717) is 0 Å². The van der Waals surface area contributed by atoms with Crippen LogP contribution in [0.4, 0.5) is 0 Å². The average Bonchev–Trinajstić information content (AvgIpc) is 2.02. The van der Waals surface area contributed by atoms with Crippen LogP contribution in [0, 0.1) is 5.41 Å². The Labute approximate surface area is 79.8 Å². The topological polar surface area (TPSA) is 49.3 Å². The van der Waals surface area contributed by atoms with Gasteiger partial charge in [0.25, 0.3) is 0 Å². The van der Waals surface area contributed by atoms with Gasteiger partial charge in [0.1, 0.15) is 0 Å². The van der Waals surface area contributed by atoms with Crippen molar-refractivity contribution in [2.24, 2.45) is 5.41 Å². The van der Waals surface area contributed by atoms with E-state index < -0.39 is 5.54 Å². The zero-order chi connectivity index (χ0) is 10.7. The molecule has 0 aromatic carbocycles. The maximum Gasteiger partial charge on any atom is 0.243 e. The molecule has 1 unspecified atom stereocenters. The first-order chi connectivity index (χ1) is 5.77. The quantitative estimate of drug-likeness (QED) is 0.646. The van der Waals surface area contributed by atoms with Crippen molar-refractivity contribution in [3.63, 3.8) is 0 Å². The lowest BCUT2D eigenvalue weighted by Gasteiger charge is -2.40. The second-order valence-electron chi connectivity index (χ2n) is 4.43.